The van der Waals surface area contributed by atoms with Crippen molar-refractivity contribution in [1.29, 1.82) is 5.26 Å². The van der Waals surface area contributed by atoms with E-state index in [1.807, 2.05) is 23.1 Å². The Kier molecular flexibility index (Phi) is 6.21. The highest BCUT2D eigenvalue weighted by atomic mass is 16.5. The number of amides is 3. The number of nitrogens with one attached hydrogen (secondary N) is 2. The Labute approximate surface area is 187 Å². The van der Waals surface area contributed by atoms with Crippen LogP contribution in [0.25, 0.3) is 0 Å². The molecule has 1 saturated heterocycles. The van der Waals surface area contributed by atoms with E-state index in [1.165, 1.54) is 0 Å². The fourth-order valence-corrected chi connectivity index (χ4v) is 4.86. The molecule has 2 heterocycles. The van der Waals surface area contributed by atoms with Crippen molar-refractivity contribution in [2.45, 2.75) is 56.7 Å². The molecule has 9 heteroatoms. The van der Waals surface area contributed by atoms with Crippen molar-refractivity contribution >= 4 is 23.4 Å². The number of rotatable bonds is 9. The number of primary amides is 1. The summed E-state index contributed by atoms with van der Waals surface area (Å²) in [4.78, 5) is 39.6. The molecule has 1 aromatic carbocycles. The summed E-state index contributed by atoms with van der Waals surface area (Å²) in [5.41, 5.74) is 7.36. The van der Waals surface area contributed by atoms with Gasteiger partial charge in [0.2, 0.25) is 17.7 Å². The Morgan fingerprint density at radius 3 is 2.72 bits per heavy atom. The lowest BCUT2D eigenvalue weighted by molar-refractivity contribution is -0.125. The first-order valence-electron chi connectivity index (χ1n) is 11.1. The third kappa shape index (κ3) is 4.35. The molecule has 9 nitrogen and oxygen atoms in total. The maximum absolute atomic E-state index is 13.5. The standard InChI is InChI=1S/C23H29N5O4/c1-32-20-4-2-3-17-16(20)11-18(21(25)29)28(17)19(9-13-5-6-13)23(31)27-15(12-24)10-14-7-8-26-22(14)30/h2-4,13-15,18-19H,5-11H2,1H3,(H2,25,29)(H,26,30)(H,27,31)/t14-,15-,18?,19-/m0/s1. The molecule has 0 spiro atoms. The summed E-state index contributed by atoms with van der Waals surface area (Å²) in [5.74, 6) is -0.125. The minimum absolute atomic E-state index is 0.0802. The maximum atomic E-state index is 13.5. The second-order valence-corrected chi connectivity index (χ2v) is 8.88. The van der Waals surface area contributed by atoms with Crippen molar-refractivity contribution in [3.05, 3.63) is 23.8 Å². The summed E-state index contributed by atoms with van der Waals surface area (Å²) in [7, 11) is 1.57. The van der Waals surface area contributed by atoms with E-state index < -0.39 is 24.0 Å². The van der Waals surface area contributed by atoms with Gasteiger partial charge in [0.15, 0.2) is 0 Å². The third-order valence-corrected chi connectivity index (χ3v) is 6.72. The lowest BCUT2D eigenvalue weighted by atomic mass is 9.98. The van der Waals surface area contributed by atoms with Crippen LogP contribution in [0.15, 0.2) is 18.2 Å². The van der Waals surface area contributed by atoms with Gasteiger partial charge < -0.3 is 26.0 Å². The second-order valence-electron chi connectivity index (χ2n) is 8.88. The van der Waals surface area contributed by atoms with E-state index in [0.717, 1.165) is 24.1 Å². The van der Waals surface area contributed by atoms with Crippen molar-refractivity contribution < 1.29 is 19.1 Å². The molecular formula is C23H29N5O4. The van der Waals surface area contributed by atoms with Crippen molar-refractivity contribution in [1.82, 2.24) is 10.6 Å². The second kappa shape index (κ2) is 9.07. The van der Waals surface area contributed by atoms with Crippen LogP contribution in [-0.2, 0) is 20.8 Å². The highest BCUT2D eigenvalue weighted by Gasteiger charge is 2.44. The molecule has 3 amide bonds. The van der Waals surface area contributed by atoms with E-state index >= 15 is 0 Å². The summed E-state index contributed by atoms with van der Waals surface area (Å²) >= 11 is 0. The Balaban J connectivity index is 1.59. The maximum Gasteiger partial charge on any atom is 0.243 e. The van der Waals surface area contributed by atoms with Crippen LogP contribution >= 0.6 is 0 Å². The Morgan fingerprint density at radius 2 is 2.12 bits per heavy atom. The molecule has 4 atom stereocenters. The van der Waals surface area contributed by atoms with Crippen molar-refractivity contribution in [3.63, 3.8) is 0 Å². The third-order valence-electron chi connectivity index (χ3n) is 6.72. The smallest absolute Gasteiger partial charge is 0.243 e. The van der Waals surface area contributed by atoms with Gasteiger partial charge in [0.05, 0.1) is 13.2 Å². The summed E-state index contributed by atoms with van der Waals surface area (Å²) in [6.07, 6.45) is 3.94. The molecule has 1 aliphatic carbocycles. The minimum atomic E-state index is -0.780. The molecule has 2 fully saturated rings. The zero-order valence-electron chi connectivity index (χ0n) is 18.2. The minimum Gasteiger partial charge on any atom is -0.496 e. The molecule has 0 bridgehead atoms. The van der Waals surface area contributed by atoms with Gasteiger partial charge in [0.1, 0.15) is 23.9 Å². The summed E-state index contributed by atoms with van der Waals surface area (Å²) in [6, 6.07) is 5.57. The van der Waals surface area contributed by atoms with Gasteiger partial charge in [-0.3, -0.25) is 14.4 Å². The molecule has 4 N–H and O–H groups in total. The summed E-state index contributed by atoms with van der Waals surface area (Å²) in [6.45, 7) is 0.590. The van der Waals surface area contributed by atoms with Crippen LogP contribution in [0.2, 0.25) is 0 Å². The number of anilines is 1. The molecule has 170 valence electrons. The summed E-state index contributed by atoms with van der Waals surface area (Å²) < 4.78 is 5.47. The quantitative estimate of drug-likeness (QED) is 0.516. The molecule has 0 aromatic heterocycles. The van der Waals surface area contributed by atoms with E-state index in [9.17, 15) is 19.6 Å². The lowest BCUT2D eigenvalue weighted by Gasteiger charge is -2.34. The van der Waals surface area contributed by atoms with Crippen LogP contribution in [0.5, 0.6) is 5.75 Å². The topological polar surface area (TPSA) is 138 Å². The van der Waals surface area contributed by atoms with E-state index in [0.29, 0.717) is 37.5 Å². The van der Waals surface area contributed by atoms with Crippen LogP contribution in [0.1, 0.15) is 37.7 Å². The number of nitrogens with zero attached hydrogens (tertiary/aromatic N) is 2. The predicted molar refractivity (Wildman–Crippen MR) is 117 cm³/mol. The van der Waals surface area contributed by atoms with Gasteiger partial charge in [0, 0.05) is 30.1 Å². The van der Waals surface area contributed by atoms with E-state index in [-0.39, 0.29) is 24.2 Å². The van der Waals surface area contributed by atoms with Gasteiger partial charge in [-0.05, 0) is 37.3 Å². The highest BCUT2D eigenvalue weighted by molar-refractivity contribution is 5.93. The molecular weight excluding hydrogens is 410 g/mol. The van der Waals surface area contributed by atoms with Crippen molar-refractivity contribution in [3.8, 4) is 11.8 Å². The number of ether oxygens (including phenoxy) is 1. The molecule has 0 radical (unpaired) electrons. The van der Waals surface area contributed by atoms with Gasteiger partial charge in [-0.15, -0.1) is 0 Å². The normalized spacial score (nSPS) is 23.6. The largest absolute Gasteiger partial charge is 0.496 e. The van der Waals surface area contributed by atoms with Crippen LogP contribution in [0.4, 0.5) is 5.69 Å². The number of carbonyl (C=O) groups excluding carboxylic acids is 3. The molecule has 2 aliphatic heterocycles. The first-order chi connectivity index (χ1) is 15.4. The molecule has 32 heavy (non-hydrogen) atoms. The zero-order valence-corrected chi connectivity index (χ0v) is 18.2. The first kappa shape index (κ1) is 21.9. The fourth-order valence-electron chi connectivity index (χ4n) is 4.86. The number of methoxy groups -OCH3 is 1. The first-order valence-corrected chi connectivity index (χ1v) is 11.1. The molecule has 1 aromatic rings. The van der Waals surface area contributed by atoms with Gasteiger partial charge in [-0.2, -0.15) is 5.26 Å². The number of nitriles is 1. The number of fused-ring (bicyclic) bond motifs is 1. The van der Waals surface area contributed by atoms with E-state index in [1.54, 1.807) is 7.11 Å². The van der Waals surface area contributed by atoms with Gasteiger partial charge >= 0.3 is 0 Å². The SMILES string of the molecule is COc1cccc2c1CC(C(N)=O)N2[C@@H](CC1CC1)C(=O)N[C@H](C#N)C[C@@H]1CCNC1=O. The van der Waals surface area contributed by atoms with Crippen molar-refractivity contribution in [2.75, 3.05) is 18.6 Å². The lowest BCUT2D eigenvalue weighted by Crippen LogP contribution is -2.55. The predicted octanol–water partition coefficient (Wildman–Crippen LogP) is 0.615. The Hall–Kier alpha value is -3.28. The Bertz CT molecular complexity index is 954. The fraction of sp³-hybridized carbons (Fsp3) is 0.565. The average Bonchev–Trinajstić information content (AvgIpc) is 3.39. The summed E-state index contributed by atoms with van der Waals surface area (Å²) in [5, 5.41) is 15.2. The van der Waals surface area contributed by atoms with E-state index in [4.69, 9.17) is 10.5 Å². The molecule has 1 unspecified atom stereocenters. The van der Waals surface area contributed by atoms with Gasteiger partial charge in [-0.25, -0.2) is 0 Å². The van der Waals surface area contributed by atoms with Crippen molar-refractivity contribution in [2.24, 2.45) is 17.6 Å². The zero-order chi connectivity index (χ0) is 22.8. The van der Waals surface area contributed by atoms with E-state index in [2.05, 4.69) is 16.7 Å². The van der Waals surface area contributed by atoms with Crippen LogP contribution in [0, 0.1) is 23.2 Å². The monoisotopic (exact) mass is 439 g/mol. The van der Waals surface area contributed by atoms with Gasteiger partial charge in [0.25, 0.3) is 0 Å². The van der Waals surface area contributed by atoms with Gasteiger partial charge in [-0.1, -0.05) is 18.9 Å². The average molecular weight is 440 g/mol. The number of hydrogen-bond acceptors (Lipinski definition) is 6. The van der Waals surface area contributed by atoms with Crippen LogP contribution in [-0.4, -0.2) is 49.5 Å². The number of carbonyl (C=O) groups is 3. The number of nitrogens with two attached hydrogens (primary N) is 1. The molecule has 4 rings (SSSR count). The molecule has 3 aliphatic rings. The number of benzene rings is 1. The highest BCUT2D eigenvalue weighted by Crippen LogP contribution is 2.42. The number of hydrogen-bond donors (Lipinski definition) is 3. The molecule has 1 saturated carbocycles. The van der Waals surface area contributed by atoms with Crippen LogP contribution < -0.4 is 26.0 Å². The van der Waals surface area contributed by atoms with Crippen LogP contribution in [0.3, 0.4) is 0 Å². The Morgan fingerprint density at radius 1 is 1.34 bits per heavy atom.